The number of carbonyl (C=O) groups is 1. The number of anilines is 5. The highest BCUT2D eigenvalue weighted by Crippen LogP contribution is 2.35. The summed E-state index contributed by atoms with van der Waals surface area (Å²) in [7, 11) is 1.88. The van der Waals surface area contributed by atoms with Crippen LogP contribution in [0.15, 0.2) is 42.9 Å². The molecule has 0 unspecified atom stereocenters. The molecule has 5 aromatic rings. The topological polar surface area (TPSA) is 177 Å². The van der Waals surface area contributed by atoms with Gasteiger partial charge in [0.05, 0.1) is 23.4 Å². The fraction of sp³-hybridized carbons (Fsp3) is 0.355. The molecular weight excluding hydrogens is 572 g/mol. The van der Waals surface area contributed by atoms with Gasteiger partial charge in [0.15, 0.2) is 5.82 Å². The molecule has 1 aliphatic heterocycles. The molecule has 1 aromatic carbocycles. The zero-order valence-corrected chi connectivity index (χ0v) is 25.5. The molecule has 7 rings (SSSR count). The molecule has 1 saturated carbocycles. The van der Waals surface area contributed by atoms with E-state index in [0.717, 1.165) is 59.2 Å². The van der Waals surface area contributed by atoms with Gasteiger partial charge in [0.25, 0.3) is 0 Å². The minimum absolute atomic E-state index is 0.0521. The molecule has 4 aromatic heterocycles. The van der Waals surface area contributed by atoms with Crippen LogP contribution < -0.4 is 26.4 Å². The molecule has 0 bridgehead atoms. The Kier molecular flexibility index (Phi) is 7.41. The largest absolute Gasteiger partial charge is 0.473 e. The number of H-pyrrole nitrogens is 1. The highest BCUT2D eigenvalue weighted by atomic mass is 16.5. The van der Waals surface area contributed by atoms with E-state index in [1.165, 1.54) is 0 Å². The lowest BCUT2D eigenvalue weighted by Crippen LogP contribution is -2.33. The summed E-state index contributed by atoms with van der Waals surface area (Å²) >= 11 is 0. The molecule has 14 heteroatoms. The maximum Gasteiger partial charge on any atom is 0.238 e. The van der Waals surface area contributed by atoms with Gasteiger partial charge in [-0.3, -0.25) is 14.4 Å². The molecule has 0 radical (unpaired) electrons. The second-order valence-electron chi connectivity index (χ2n) is 11.8. The molecule has 1 atom stereocenters. The quantitative estimate of drug-likeness (QED) is 0.146. The third-order valence-electron chi connectivity index (χ3n) is 8.09. The minimum atomic E-state index is -0.132. The number of carbonyl (C=O) groups excluding carboxylic acids is 1. The zero-order valence-electron chi connectivity index (χ0n) is 25.5. The third kappa shape index (κ3) is 6.36. The van der Waals surface area contributed by atoms with Crippen LogP contribution in [0.5, 0.6) is 5.88 Å². The van der Waals surface area contributed by atoms with Crippen molar-refractivity contribution in [1.29, 1.82) is 0 Å². The van der Waals surface area contributed by atoms with Crippen molar-refractivity contribution >= 4 is 45.9 Å². The van der Waals surface area contributed by atoms with E-state index in [4.69, 9.17) is 15.5 Å². The second kappa shape index (κ2) is 11.7. The Hall–Kier alpha value is -5.24. The Morgan fingerprint density at radius 1 is 1.13 bits per heavy atom. The molecule has 45 heavy (non-hydrogen) atoms. The van der Waals surface area contributed by atoms with Crippen LogP contribution in [0.3, 0.4) is 0 Å². The average molecular weight is 609 g/mol. The van der Waals surface area contributed by atoms with Crippen LogP contribution in [0.25, 0.3) is 22.2 Å². The lowest BCUT2D eigenvalue weighted by molar-refractivity contribution is -0.117. The monoisotopic (exact) mass is 608 g/mol. The molecular formula is C31H36N12O2. The molecule has 1 aliphatic carbocycles. The second-order valence-corrected chi connectivity index (χ2v) is 11.8. The SMILES string of the molecule is Cc1cnc(Nc2cc(C)n(C)n2)nc1-c1c[nH]c2c(NC(=O)CN3CC[C@H](Oc4ccnc(NC5CC5)n4)C3)cc(N)cc12. The number of aryl methyl sites for hydroxylation is 3. The molecule has 232 valence electrons. The molecule has 5 heterocycles. The van der Waals surface area contributed by atoms with Crippen LogP contribution in [-0.4, -0.2) is 77.3 Å². The number of likely N-dealkylation sites (tertiary alicyclic amines) is 1. The summed E-state index contributed by atoms with van der Waals surface area (Å²) in [6, 6.07) is 7.82. The molecule has 2 aliphatic rings. The number of nitrogen functional groups attached to an aromatic ring is 1. The first-order valence-electron chi connectivity index (χ1n) is 15.1. The van der Waals surface area contributed by atoms with Gasteiger partial charge in [0.2, 0.25) is 23.7 Å². The molecule has 2 fully saturated rings. The van der Waals surface area contributed by atoms with Crippen molar-refractivity contribution in [3.63, 3.8) is 0 Å². The Balaban J connectivity index is 1.02. The maximum absolute atomic E-state index is 13.2. The summed E-state index contributed by atoms with van der Waals surface area (Å²) in [4.78, 5) is 36.6. The number of benzene rings is 1. The van der Waals surface area contributed by atoms with Crippen molar-refractivity contribution in [3.8, 4) is 17.1 Å². The lowest BCUT2D eigenvalue weighted by Gasteiger charge is -2.17. The Morgan fingerprint density at radius 2 is 2.00 bits per heavy atom. The van der Waals surface area contributed by atoms with Crippen molar-refractivity contribution in [3.05, 3.63) is 54.1 Å². The summed E-state index contributed by atoms with van der Waals surface area (Å²) < 4.78 is 7.90. The Bertz CT molecular complexity index is 1860. The smallest absolute Gasteiger partial charge is 0.238 e. The predicted molar refractivity (Wildman–Crippen MR) is 172 cm³/mol. The van der Waals surface area contributed by atoms with Crippen LogP contribution >= 0.6 is 0 Å². The number of rotatable bonds is 10. The van der Waals surface area contributed by atoms with E-state index in [2.05, 4.69) is 45.9 Å². The molecule has 1 saturated heterocycles. The van der Waals surface area contributed by atoms with E-state index < -0.39 is 0 Å². The molecule has 1 amide bonds. The molecule has 6 N–H and O–H groups in total. The normalized spacial score (nSPS) is 16.6. The van der Waals surface area contributed by atoms with E-state index >= 15 is 0 Å². The first-order valence-corrected chi connectivity index (χ1v) is 15.1. The predicted octanol–water partition coefficient (Wildman–Crippen LogP) is 3.76. The number of aromatic nitrogens is 7. The summed E-state index contributed by atoms with van der Waals surface area (Å²) in [5, 5.41) is 14.8. The number of nitrogens with zero attached hydrogens (tertiary/aromatic N) is 7. The number of nitrogens with two attached hydrogens (primary N) is 1. The van der Waals surface area contributed by atoms with Crippen LogP contribution in [0.2, 0.25) is 0 Å². The van der Waals surface area contributed by atoms with Crippen LogP contribution in [0.1, 0.15) is 30.5 Å². The van der Waals surface area contributed by atoms with Gasteiger partial charge < -0.3 is 31.4 Å². The van der Waals surface area contributed by atoms with Crippen molar-refractivity contribution in [1.82, 2.24) is 39.6 Å². The fourth-order valence-corrected chi connectivity index (χ4v) is 5.55. The molecule has 14 nitrogen and oxygen atoms in total. The van der Waals surface area contributed by atoms with Crippen LogP contribution in [0, 0.1) is 13.8 Å². The van der Waals surface area contributed by atoms with Crippen LogP contribution in [0.4, 0.5) is 29.1 Å². The third-order valence-corrected chi connectivity index (χ3v) is 8.09. The van der Waals surface area contributed by atoms with Crippen molar-refractivity contribution in [2.24, 2.45) is 7.05 Å². The van der Waals surface area contributed by atoms with Gasteiger partial charge in [-0.1, -0.05) is 0 Å². The van der Waals surface area contributed by atoms with E-state index in [-0.39, 0.29) is 18.6 Å². The van der Waals surface area contributed by atoms with Crippen molar-refractivity contribution < 1.29 is 9.53 Å². The van der Waals surface area contributed by atoms with Gasteiger partial charge in [0, 0.05) is 79.2 Å². The average Bonchev–Trinajstić information content (AvgIpc) is 3.38. The van der Waals surface area contributed by atoms with Crippen LogP contribution in [-0.2, 0) is 11.8 Å². The highest BCUT2D eigenvalue weighted by molar-refractivity contribution is 6.07. The van der Waals surface area contributed by atoms with E-state index in [1.54, 1.807) is 29.2 Å². The standard InChI is InChI=1S/C31H36N12O2/c1-17-13-35-31(38-25-10-18(2)42(3)41-25)40-28(17)23-14-34-29-22(23)11-19(32)12-24(29)37-26(44)16-43-9-7-21(15-43)45-27-6-8-33-30(39-27)36-20-4-5-20/h6,8,10-14,20-21,34H,4-5,7,9,15-16,32H2,1-3H3,(H,37,44)(H,33,36,39)(H,35,38,40,41)/t21-/m0/s1. The van der Waals surface area contributed by atoms with Gasteiger partial charge in [-0.2, -0.15) is 10.1 Å². The van der Waals surface area contributed by atoms with Crippen molar-refractivity contribution in [2.45, 2.75) is 45.3 Å². The summed E-state index contributed by atoms with van der Waals surface area (Å²) in [5.41, 5.74) is 11.7. The fourth-order valence-electron chi connectivity index (χ4n) is 5.55. The zero-order chi connectivity index (χ0) is 31.1. The number of amides is 1. The Labute approximate surface area is 259 Å². The first-order chi connectivity index (χ1) is 21.8. The summed E-state index contributed by atoms with van der Waals surface area (Å²) in [6.45, 7) is 5.54. The van der Waals surface area contributed by atoms with E-state index in [0.29, 0.717) is 47.6 Å². The number of aromatic amines is 1. The summed E-state index contributed by atoms with van der Waals surface area (Å²) in [6.07, 6.45) is 8.40. The number of hydrogen-bond donors (Lipinski definition) is 5. The minimum Gasteiger partial charge on any atom is -0.473 e. The number of hydrogen-bond acceptors (Lipinski definition) is 11. The van der Waals surface area contributed by atoms with E-state index in [1.807, 2.05) is 39.2 Å². The Morgan fingerprint density at radius 3 is 2.80 bits per heavy atom. The van der Waals surface area contributed by atoms with Gasteiger partial charge in [-0.05, 0) is 50.8 Å². The van der Waals surface area contributed by atoms with Gasteiger partial charge in [-0.15, -0.1) is 0 Å². The highest BCUT2D eigenvalue weighted by Gasteiger charge is 2.27. The lowest BCUT2D eigenvalue weighted by atomic mass is 10.1. The maximum atomic E-state index is 13.2. The number of fused-ring (bicyclic) bond motifs is 1. The number of nitrogens with one attached hydrogen (secondary N) is 4. The van der Waals surface area contributed by atoms with Gasteiger partial charge in [-0.25, -0.2) is 15.0 Å². The molecule has 0 spiro atoms. The first kappa shape index (κ1) is 28.5. The number of ether oxygens (including phenoxy) is 1. The van der Waals surface area contributed by atoms with Gasteiger partial charge >= 0.3 is 0 Å². The van der Waals surface area contributed by atoms with Crippen molar-refractivity contribution in [2.75, 3.05) is 41.3 Å². The van der Waals surface area contributed by atoms with E-state index in [9.17, 15) is 4.79 Å². The van der Waals surface area contributed by atoms with Gasteiger partial charge in [0.1, 0.15) is 6.10 Å². The summed E-state index contributed by atoms with van der Waals surface area (Å²) in [5.74, 6) is 2.10.